The lowest BCUT2D eigenvalue weighted by molar-refractivity contribution is -0.255. The van der Waals surface area contributed by atoms with Gasteiger partial charge in [0.1, 0.15) is 24.5 Å². The van der Waals surface area contributed by atoms with Crippen molar-refractivity contribution in [1.29, 1.82) is 0 Å². The van der Waals surface area contributed by atoms with Crippen molar-refractivity contribution in [1.82, 2.24) is 9.89 Å². The van der Waals surface area contributed by atoms with Gasteiger partial charge in [0, 0.05) is 82.9 Å². The van der Waals surface area contributed by atoms with Gasteiger partial charge in [-0.1, -0.05) is 33.6 Å². The van der Waals surface area contributed by atoms with Crippen molar-refractivity contribution in [3.63, 3.8) is 0 Å². The van der Waals surface area contributed by atoms with Crippen LogP contribution >= 0.6 is 11.6 Å². The summed E-state index contributed by atoms with van der Waals surface area (Å²) in [5.41, 5.74) is 2.67. The normalized spacial score (nSPS) is 18.4. The van der Waals surface area contributed by atoms with E-state index < -0.39 is 51.4 Å². The number of carboxylic acids is 1. The Morgan fingerprint density at radius 1 is 0.917 bits per heavy atom. The molecule has 3 heterocycles. The van der Waals surface area contributed by atoms with Gasteiger partial charge in [0.15, 0.2) is 11.6 Å². The zero-order valence-electron chi connectivity index (χ0n) is 36.0. The lowest BCUT2D eigenvalue weighted by atomic mass is 9.64. The van der Waals surface area contributed by atoms with Crippen LogP contribution in [0.25, 0.3) is 5.57 Å². The molecule has 4 aliphatic rings. The summed E-state index contributed by atoms with van der Waals surface area (Å²) in [5.74, 6) is -7.76. The first kappa shape index (κ1) is 44.1. The number of halogens is 4. The van der Waals surface area contributed by atoms with Crippen LogP contribution in [0.5, 0.6) is 0 Å². The Kier molecular flexibility index (Phi) is 13.1. The van der Waals surface area contributed by atoms with Crippen LogP contribution in [-0.2, 0) is 27.7 Å². The SMILES string of the molecule is CCN1c2cc3c(cc2C(C)CC1(C)C)C(c1c(F)c(C(=O)NCCOCCOCCCCCCCl)c(F)c(F)c1C(=O)[O-])=c1cc2c4c(c1C3(C)C)CCC[N+]=4CCC2. The number of nitrogens with zero attached hydrogens (tertiary/aromatic N) is 2. The van der Waals surface area contributed by atoms with Crippen LogP contribution < -0.4 is 30.5 Å². The Labute approximate surface area is 356 Å². The van der Waals surface area contributed by atoms with Crippen LogP contribution in [0.2, 0.25) is 0 Å². The van der Waals surface area contributed by atoms with E-state index in [1.54, 1.807) is 0 Å². The third-order valence-electron chi connectivity index (χ3n) is 13.3. The quantitative estimate of drug-likeness (QED) is 0.0776. The molecule has 8 nitrogen and oxygen atoms in total. The second-order valence-corrected chi connectivity index (χ2v) is 18.4. The number of rotatable bonds is 16. The van der Waals surface area contributed by atoms with Crippen molar-refractivity contribution < 1.29 is 37.3 Å². The minimum atomic E-state index is -2.07. The van der Waals surface area contributed by atoms with E-state index in [2.05, 4.69) is 62.4 Å². The molecule has 3 aromatic rings. The van der Waals surface area contributed by atoms with Gasteiger partial charge < -0.3 is 29.6 Å². The van der Waals surface area contributed by atoms with E-state index >= 15 is 13.2 Å². The third-order valence-corrected chi connectivity index (χ3v) is 13.5. The van der Waals surface area contributed by atoms with E-state index in [9.17, 15) is 14.7 Å². The van der Waals surface area contributed by atoms with E-state index in [1.807, 2.05) is 12.1 Å². The van der Waals surface area contributed by atoms with Crippen molar-refractivity contribution in [3.8, 4) is 0 Å². The largest absolute Gasteiger partial charge is 0.545 e. The van der Waals surface area contributed by atoms with Gasteiger partial charge in [0.2, 0.25) is 5.36 Å². The Morgan fingerprint density at radius 2 is 1.60 bits per heavy atom. The van der Waals surface area contributed by atoms with Crippen molar-refractivity contribution in [2.75, 3.05) is 63.4 Å². The molecule has 0 saturated carbocycles. The zero-order valence-corrected chi connectivity index (χ0v) is 36.7. The number of aromatic carboxylic acids is 1. The molecule has 0 bridgehead atoms. The monoisotopic (exact) mass is 849 g/mol. The summed E-state index contributed by atoms with van der Waals surface area (Å²) in [7, 11) is 0. The fourth-order valence-electron chi connectivity index (χ4n) is 10.8. The van der Waals surface area contributed by atoms with Crippen molar-refractivity contribution in [2.24, 2.45) is 0 Å². The zero-order chi connectivity index (χ0) is 43.1. The molecule has 0 spiro atoms. The molecule has 324 valence electrons. The number of unbranched alkanes of at least 4 members (excludes halogenated alkanes) is 3. The summed E-state index contributed by atoms with van der Waals surface area (Å²) in [6, 6.07) is 6.17. The molecule has 1 atom stereocenters. The van der Waals surface area contributed by atoms with Crippen LogP contribution in [0.4, 0.5) is 18.9 Å². The number of carbonyl (C=O) groups is 2. The topological polar surface area (TPSA) is 93.9 Å². The molecule has 3 aromatic carbocycles. The van der Waals surface area contributed by atoms with Crippen LogP contribution in [0.3, 0.4) is 0 Å². The highest BCUT2D eigenvalue weighted by atomic mass is 35.5. The number of alkyl halides is 1. The molecule has 12 heteroatoms. The number of hydrogen-bond donors (Lipinski definition) is 1. The third kappa shape index (κ3) is 7.87. The molecular weight excluding hydrogens is 791 g/mol. The number of aryl methyl sites for hydroxylation is 1. The number of ether oxygens (including phenoxy) is 2. The highest BCUT2D eigenvalue weighted by Gasteiger charge is 2.44. The maximum absolute atomic E-state index is 17.6. The van der Waals surface area contributed by atoms with Gasteiger partial charge in [-0.25, -0.2) is 17.7 Å². The molecule has 0 radical (unpaired) electrons. The van der Waals surface area contributed by atoms with Crippen molar-refractivity contribution in [3.05, 3.63) is 96.3 Å². The minimum Gasteiger partial charge on any atom is -0.545 e. The summed E-state index contributed by atoms with van der Waals surface area (Å²) < 4.78 is 63.6. The van der Waals surface area contributed by atoms with E-state index in [-0.39, 0.29) is 36.8 Å². The number of anilines is 1. The van der Waals surface area contributed by atoms with Gasteiger partial charge in [-0.3, -0.25) is 4.79 Å². The Bertz CT molecular complexity index is 2320. The summed E-state index contributed by atoms with van der Waals surface area (Å²) in [4.78, 5) is 29.1. The lowest BCUT2D eigenvalue weighted by Crippen LogP contribution is -2.50. The number of carboxylic acid groups (broad SMARTS) is 1. The number of carbonyl (C=O) groups excluding carboxylic acids is 2. The number of fused-ring (bicyclic) bond motifs is 4. The Balaban J connectivity index is 1.37. The second kappa shape index (κ2) is 17.8. The average molecular weight is 850 g/mol. The molecule has 1 aliphatic carbocycles. The van der Waals surface area contributed by atoms with Gasteiger partial charge in [-0.15, -0.1) is 11.6 Å². The first-order valence-electron chi connectivity index (χ1n) is 21.8. The summed E-state index contributed by atoms with van der Waals surface area (Å²) in [6.45, 7) is 16.6. The van der Waals surface area contributed by atoms with E-state index in [0.29, 0.717) is 29.9 Å². The summed E-state index contributed by atoms with van der Waals surface area (Å²) in [6.07, 6.45) is 8.11. The molecule has 1 N–H and O–H groups in total. The van der Waals surface area contributed by atoms with Crippen molar-refractivity contribution >= 4 is 34.7 Å². The minimum absolute atomic E-state index is 0.00746. The molecule has 0 saturated heterocycles. The predicted molar refractivity (Wildman–Crippen MR) is 227 cm³/mol. The maximum Gasteiger partial charge on any atom is 0.257 e. The fraction of sp³-hybridized carbons (Fsp3) is 0.562. The van der Waals surface area contributed by atoms with Crippen molar-refractivity contribution in [2.45, 2.75) is 116 Å². The summed E-state index contributed by atoms with van der Waals surface area (Å²) in [5, 5.41) is 17.2. The smallest absolute Gasteiger partial charge is 0.257 e. The van der Waals surface area contributed by atoms with Gasteiger partial charge in [-0.2, -0.15) is 0 Å². The highest BCUT2D eigenvalue weighted by molar-refractivity contribution is 6.17. The standard InChI is InChI=1S/C48H59ClF3N3O5/c1-7-55-35-26-34-32(25-31(35)28(2)27-47(55,3)4)36(33-24-29-14-12-18-54-19-13-15-30(44(29)54)40(33)48(34,5)6)37-38(46(57)58)42(51)43(52)39(41(37)50)45(56)53-17-21-60-23-22-59-20-11-9-8-10-16-49/h24-26,28H,7-23,27H2,1-6H3,(H-,53,56,57,58). The van der Waals surface area contributed by atoms with E-state index in [4.69, 9.17) is 21.1 Å². The average Bonchev–Trinajstić information content (AvgIpc) is 3.19. The van der Waals surface area contributed by atoms with Gasteiger partial charge in [0.25, 0.3) is 5.91 Å². The molecule has 7 rings (SSSR count). The predicted octanol–water partition coefficient (Wildman–Crippen LogP) is 6.41. The highest BCUT2D eigenvalue weighted by Crippen LogP contribution is 2.50. The van der Waals surface area contributed by atoms with Gasteiger partial charge >= 0.3 is 0 Å². The molecule has 0 fully saturated rings. The van der Waals surface area contributed by atoms with Crippen LogP contribution in [0, 0.1) is 17.5 Å². The Hall–Kier alpha value is -3.93. The second-order valence-electron chi connectivity index (χ2n) is 18.0. The van der Waals surface area contributed by atoms with Crippen LogP contribution in [-0.4, -0.2) is 75.9 Å². The molecule has 1 unspecified atom stereocenters. The lowest BCUT2D eigenvalue weighted by Gasteiger charge is -2.48. The first-order chi connectivity index (χ1) is 28.6. The Morgan fingerprint density at radius 3 is 2.30 bits per heavy atom. The van der Waals surface area contributed by atoms with E-state index in [0.717, 1.165) is 111 Å². The van der Waals surface area contributed by atoms with Crippen LogP contribution in [0.15, 0.2) is 18.2 Å². The molecular formula is C48H59ClF3N3O5. The molecule has 0 aromatic heterocycles. The maximum atomic E-state index is 17.6. The number of benzene rings is 3. The molecule has 3 aliphatic heterocycles. The number of hydrogen-bond acceptors (Lipinski definition) is 6. The first-order valence-corrected chi connectivity index (χ1v) is 22.4. The molecule has 60 heavy (non-hydrogen) atoms. The summed E-state index contributed by atoms with van der Waals surface area (Å²) >= 11 is 5.72. The van der Waals surface area contributed by atoms with Crippen LogP contribution in [0.1, 0.15) is 152 Å². The van der Waals surface area contributed by atoms with E-state index in [1.165, 1.54) is 5.36 Å². The number of nitrogens with one attached hydrogen (secondary N) is 1. The number of amides is 1. The fourth-order valence-corrected chi connectivity index (χ4v) is 10.9. The van der Waals surface area contributed by atoms with Gasteiger partial charge in [-0.05, 0) is 104 Å². The molecule has 1 amide bonds. The van der Waals surface area contributed by atoms with Gasteiger partial charge in [0.05, 0.1) is 25.8 Å².